The van der Waals surface area contributed by atoms with E-state index in [2.05, 4.69) is 11.1 Å². The Morgan fingerprint density at radius 2 is 2.16 bits per heavy atom. The number of carbonyl (C=O) groups is 1. The molecule has 1 amide bonds. The number of halogens is 1. The smallest absolute Gasteiger partial charge is 0.227 e. The molecule has 3 rings (SSSR count). The molecule has 0 N–H and O–H groups in total. The largest absolute Gasteiger partial charge is 0.307 e. The van der Waals surface area contributed by atoms with Crippen molar-refractivity contribution in [3.8, 4) is 0 Å². The van der Waals surface area contributed by atoms with Crippen molar-refractivity contribution >= 4 is 34.5 Å². The van der Waals surface area contributed by atoms with Gasteiger partial charge in [0.25, 0.3) is 0 Å². The van der Waals surface area contributed by atoms with Gasteiger partial charge in [0.05, 0.1) is 6.54 Å². The van der Waals surface area contributed by atoms with Crippen LogP contribution in [-0.4, -0.2) is 10.9 Å². The number of fused-ring (bicyclic) bond motifs is 1. The number of amides is 1. The lowest BCUT2D eigenvalue weighted by molar-refractivity contribution is -0.118. The van der Waals surface area contributed by atoms with Crippen LogP contribution in [0.15, 0.2) is 30.5 Å². The van der Waals surface area contributed by atoms with Crippen LogP contribution >= 0.6 is 22.9 Å². The number of benzene rings is 1. The molecule has 0 radical (unpaired) electrons. The number of nitrogens with zero attached hydrogens (tertiary/aromatic N) is 2. The molecular weight excluding hydrogens is 280 g/mol. The van der Waals surface area contributed by atoms with E-state index in [0.29, 0.717) is 17.4 Å². The summed E-state index contributed by atoms with van der Waals surface area (Å²) in [5.74, 6) is 0.175. The monoisotopic (exact) mass is 292 g/mol. The molecule has 2 heterocycles. The minimum atomic E-state index is 0.175. The highest BCUT2D eigenvalue weighted by Crippen LogP contribution is 2.29. The minimum absolute atomic E-state index is 0.175. The van der Waals surface area contributed by atoms with Gasteiger partial charge in [-0.3, -0.25) is 4.79 Å². The topological polar surface area (TPSA) is 33.2 Å². The molecule has 0 aliphatic carbocycles. The summed E-state index contributed by atoms with van der Waals surface area (Å²) in [7, 11) is 0. The van der Waals surface area contributed by atoms with Crippen LogP contribution in [0, 0.1) is 0 Å². The van der Waals surface area contributed by atoms with E-state index in [1.165, 1.54) is 16.9 Å². The van der Waals surface area contributed by atoms with Crippen LogP contribution in [0.3, 0.4) is 0 Å². The van der Waals surface area contributed by atoms with Crippen LogP contribution in [0.25, 0.3) is 0 Å². The molecule has 0 spiro atoms. The molecule has 1 aliphatic rings. The third-order valence-corrected chi connectivity index (χ3v) is 4.36. The zero-order valence-electron chi connectivity index (χ0n) is 10.3. The van der Waals surface area contributed by atoms with Crippen LogP contribution in [0.4, 0.5) is 5.69 Å². The lowest BCUT2D eigenvalue weighted by Gasteiger charge is -2.22. The average Bonchev–Trinajstić information content (AvgIpc) is 2.75. The molecule has 3 nitrogen and oxygen atoms in total. The highest BCUT2D eigenvalue weighted by Gasteiger charge is 2.22. The van der Waals surface area contributed by atoms with E-state index in [0.717, 1.165) is 23.4 Å². The molecule has 0 atom stereocenters. The maximum absolute atomic E-state index is 12.3. The first-order chi connectivity index (χ1) is 9.24. The maximum Gasteiger partial charge on any atom is 0.227 e. The first-order valence-electron chi connectivity index (χ1n) is 6.22. The van der Waals surface area contributed by atoms with Gasteiger partial charge < -0.3 is 4.90 Å². The molecule has 98 valence electrons. The molecule has 0 saturated carbocycles. The molecule has 0 fully saturated rings. The van der Waals surface area contributed by atoms with E-state index in [-0.39, 0.29) is 5.91 Å². The Kier molecular flexibility index (Phi) is 3.53. The van der Waals surface area contributed by atoms with Crippen molar-refractivity contribution in [2.24, 2.45) is 0 Å². The minimum Gasteiger partial charge on any atom is -0.307 e. The number of thiazole rings is 1. The molecular formula is C14H13ClN2OS. The van der Waals surface area contributed by atoms with E-state index >= 15 is 0 Å². The SMILES string of the molecule is O=C1CCCc2ccccc2N1Cc1cnc(Cl)s1. The summed E-state index contributed by atoms with van der Waals surface area (Å²) in [6.07, 6.45) is 4.21. The Bertz CT molecular complexity index is 611. The Hall–Kier alpha value is -1.39. The van der Waals surface area contributed by atoms with E-state index in [9.17, 15) is 4.79 Å². The highest BCUT2D eigenvalue weighted by atomic mass is 35.5. The molecule has 2 aromatic rings. The van der Waals surface area contributed by atoms with E-state index in [1.807, 2.05) is 23.1 Å². The third-order valence-electron chi connectivity index (χ3n) is 3.26. The van der Waals surface area contributed by atoms with Crippen LogP contribution in [-0.2, 0) is 17.8 Å². The number of hydrogen-bond acceptors (Lipinski definition) is 3. The van der Waals surface area contributed by atoms with Crippen molar-refractivity contribution < 1.29 is 4.79 Å². The number of aryl methyl sites for hydroxylation is 1. The number of hydrogen-bond donors (Lipinski definition) is 0. The van der Waals surface area contributed by atoms with Gasteiger partial charge in [0.1, 0.15) is 0 Å². The van der Waals surface area contributed by atoms with Crippen molar-refractivity contribution in [1.82, 2.24) is 4.98 Å². The van der Waals surface area contributed by atoms with E-state index in [1.54, 1.807) is 6.20 Å². The molecule has 0 saturated heterocycles. The molecule has 1 aliphatic heterocycles. The zero-order valence-corrected chi connectivity index (χ0v) is 11.9. The fourth-order valence-electron chi connectivity index (χ4n) is 2.37. The normalized spacial score (nSPS) is 15.2. The quantitative estimate of drug-likeness (QED) is 0.846. The number of aromatic nitrogens is 1. The highest BCUT2D eigenvalue weighted by molar-refractivity contribution is 7.15. The summed E-state index contributed by atoms with van der Waals surface area (Å²) in [4.78, 5) is 19.2. The molecule has 5 heteroatoms. The number of rotatable bonds is 2. The Morgan fingerprint density at radius 3 is 2.95 bits per heavy atom. The fourth-order valence-corrected chi connectivity index (χ4v) is 3.34. The Balaban J connectivity index is 1.95. The van der Waals surface area contributed by atoms with Crippen molar-refractivity contribution in [3.05, 3.63) is 45.4 Å². The second kappa shape index (κ2) is 5.31. The van der Waals surface area contributed by atoms with Crippen molar-refractivity contribution in [1.29, 1.82) is 0 Å². The summed E-state index contributed by atoms with van der Waals surface area (Å²) in [5.41, 5.74) is 2.26. The van der Waals surface area contributed by atoms with Gasteiger partial charge in [0, 0.05) is 23.2 Å². The summed E-state index contributed by atoms with van der Waals surface area (Å²) >= 11 is 7.28. The van der Waals surface area contributed by atoms with Crippen LogP contribution in [0.1, 0.15) is 23.3 Å². The number of anilines is 1. The lowest BCUT2D eigenvalue weighted by Crippen LogP contribution is -2.29. The second-order valence-electron chi connectivity index (χ2n) is 4.54. The summed E-state index contributed by atoms with van der Waals surface area (Å²) in [5, 5.41) is 0. The average molecular weight is 293 g/mol. The Labute approximate surface area is 120 Å². The van der Waals surface area contributed by atoms with Gasteiger partial charge >= 0.3 is 0 Å². The Morgan fingerprint density at radius 1 is 1.32 bits per heavy atom. The molecule has 0 bridgehead atoms. The molecule has 0 unspecified atom stereocenters. The standard InChI is InChI=1S/C14H13ClN2OS/c15-14-16-8-11(19-14)9-17-12-6-2-1-4-10(12)5-3-7-13(17)18/h1-2,4,6,8H,3,5,7,9H2. The van der Waals surface area contributed by atoms with E-state index in [4.69, 9.17) is 11.6 Å². The lowest BCUT2D eigenvalue weighted by atomic mass is 10.1. The van der Waals surface area contributed by atoms with Crippen LogP contribution in [0.5, 0.6) is 0 Å². The molecule has 19 heavy (non-hydrogen) atoms. The maximum atomic E-state index is 12.3. The second-order valence-corrected chi connectivity index (χ2v) is 6.24. The fraction of sp³-hybridized carbons (Fsp3) is 0.286. The first kappa shape index (κ1) is 12.6. The summed E-state index contributed by atoms with van der Waals surface area (Å²) in [6, 6.07) is 8.11. The van der Waals surface area contributed by atoms with Crippen molar-refractivity contribution in [2.45, 2.75) is 25.8 Å². The predicted octanol–water partition coefficient (Wildman–Crippen LogP) is 3.67. The van der Waals surface area contributed by atoms with Crippen molar-refractivity contribution in [2.75, 3.05) is 4.90 Å². The summed E-state index contributed by atoms with van der Waals surface area (Å²) in [6.45, 7) is 0.556. The van der Waals surface area contributed by atoms with Gasteiger partial charge in [0.15, 0.2) is 4.47 Å². The van der Waals surface area contributed by atoms with E-state index < -0.39 is 0 Å². The molecule has 1 aromatic heterocycles. The van der Waals surface area contributed by atoms with Gasteiger partial charge in [-0.2, -0.15) is 0 Å². The van der Waals surface area contributed by atoms with Gasteiger partial charge in [-0.15, -0.1) is 11.3 Å². The van der Waals surface area contributed by atoms with Gasteiger partial charge in [-0.05, 0) is 24.5 Å². The molecule has 1 aromatic carbocycles. The van der Waals surface area contributed by atoms with Gasteiger partial charge in [-0.1, -0.05) is 29.8 Å². The number of carbonyl (C=O) groups excluding carboxylic acids is 1. The van der Waals surface area contributed by atoms with Crippen molar-refractivity contribution in [3.63, 3.8) is 0 Å². The zero-order chi connectivity index (χ0) is 13.2. The van der Waals surface area contributed by atoms with Gasteiger partial charge in [0.2, 0.25) is 5.91 Å². The van der Waals surface area contributed by atoms with Crippen LogP contribution < -0.4 is 4.90 Å². The summed E-state index contributed by atoms with van der Waals surface area (Å²) < 4.78 is 0.519. The number of para-hydroxylation sites is 1. The first-order valence-corrected chi connectivity index (χ1v) is 7.42. The van der Waals surface area contributed by atoms with Crippen LogP contribution in [0.2, 0.25) is 4.47 Å². The van der Waals surface area contributed by atoms with Gasteiger partial charge in [-0.25, -0.2) is 4.98 Å². The third kappa shape index (κ3) is 2.65. The predicted molar refractivity (Wildman–Crippen MR) is 77.7 cm³/mol.